The van der Waals surface area contributed by atoms with Crippen LogP contribution in [-0.2, 0) is 4.79 Å². The number of carbonyl (C=O) groups is 1. The molecule has 0 spiro atoms. The Hall–Kier alpha value is -2.17. The first-order valence-electron chi connectivity index (χ1n) is 5.16. The Kier molecular flexibility index (Phi) is 2.91. The van der Waals surface area contributed by atoms with E-state index in [0.717, 1.165) is 5.56 Å². The van der Waals surface area contributed by atoms with Gasteiger partial charge in [0.05, 0.1) is 5.69 Å². The van der Waals surface area contributed by atoms with Crippen molar-refractivity contribution in [3.63, 3.8) is 0 Å². The highest BCUT2D eigenvalue weighted by molar-refractivity contribution is 5.88. The van der Waals surface area contributed by atoms with Crippen LogP contribution in [0.1, 0.15) is 12.5 Å². The molecule has 0 unspecified atom stereocenters. The SMILES string of the molecule is CC(=O)Nc1nn(-c2cccc(F)c2)cc1C. The van der Waals surface area contributed by atoms with Crippen molar-refractivity contribution in [3.8, 4) is 5.69 Å². The summed E-state index contributed by atoms with van der Waals surface area (Å²) in [6.07, 6.45) is 1.74. The molecule has 0 saturated carbocycles. The largest absolute Gasteiger partial charge is 0.309 e. The number of aromatic nitrogens is 2. The van der Waals surface area contributed by atoms with Crippen molar-refractivity contribution < 1.29 is 9.18 Å². The fourth-order valence-electron chi connectivity index (χ4n) is 1.50. The van der Waals surface area contributed by atoms with Crippen molar-refractivity contribution in [1.29, 1.82) is 0 Å². The van der Waals surface area contributed by atoms with Crippen LogP contribution < -0.4 is 5.32 Å². The third-order valence-corrected chi connectivity index (χ3v) is 2.26. The first-order chi connectivity index (χ1) is 8.06. The van der Waals surface area contributed by atoms with Crippen molar-refractivity contribution >= 4 is 11.7 Å². The van der Waals surface area contributed by atoms with Gasteiger partial charge in [0.1, 0.15) is 5.82 Å². The summed E-state index contributed by atoms with van der Waals surface area (Å²) in [6, 6.07) is 6.10. The predicted octanol–water partition coefficient (Wildman–Crippen LogP) is 2.28. The molecule has 17 heavy (non-hydrogen) atoms. The number of benzene rings is 1. The lowest BCUT2D eigenvalue weighted by Gasteiger charge is -2.00. The second-order valence-corrected chi connectivity index (χ2v) is 3.77. The van der Waals surface area contributed by atoms with E-state index in [1.54, 1.807) is 18.3 Å². The van der Waals surface area contributed by atoms with Gasteiger partial charge in [0.25, 0.3) is 0 Å². The molecule has 0 aliphatic rings. The molecule has 1 aromatic carbocycles. The quantitative estimate of drug-likeness (QED) is 0.865. The fourth-order valence-corrected chi connectivity index (χ4v) is 1.50. The molecule has 4 nitrogen and oxygen atoms in total. The monoisotopic (exact) mass is 233 g/mol. The molecule has 0 radical (unpaired) electrons. The Morgan fingerprint density at radius 3 is 2.88 bits per heavy atom. The normalized spacial score (nSPS) is 10.3. The molecule has 0 saturated heterocycles. The number of anilines is 1. The highest BCUT2D eigenvalue weighted by Gasteiger charge is 2.07. The maximum absolute atomic E-state index is 13.1. The number of nitrogens with one attached hydrogen (secondary N) is 1. The summed E-state index contributed by atoms with van der Waals surface area (Å²) in [6.45, 7) is 3.24. The second-order valence-electron chi connectivity index (χ2n) is 3.77. The molecule has 0 aliphatic heterocycles. The van der Waals surface area contributed by atoms with Crippen LogP contribution in [0.2, 0.25) is 0 Å². The highest BCUT2D eigenvalue weighted by atomic mass is 19.1. The van der Waals surface area contributed by atoms with Gasteiger partial charge in [0.2, 0.25) is 5.91 Å². The summed E-state index contributed by atoms with van der Waals surface area (Å²) in [5, 5.41) is 6.79. The van der Waals surface area contributed by atoms with Gasteiger partial charge < -0.3 is 5.32 Å². The van der Waals surface area contributed by atoms with E-state index in [9.17, 15) is 9.18 Å². The molecule has 5 heteroatoms. The van der Waals surface area contributed by atoms with E-state index in [-0.39, 0.29) is 11.7 Å². The zero-order valence-corrected chi connectivity index (χ0v) is 9.57. The Balaban J connectivity index is 2.37. The summed E-state index contributed by atoms with van der Waals surface area (Å²) in [5.41, 5.74) is 1.44. The van der Waals surface area contributed by atoms with Crippen LogP contribution in [0.4, 0.5) is 10.2 Å². The van der Waals surface area contributed by atoms with Crippen LogP contribution in [-0.4, -0.2) is 15.7 Å². The van der Waals surface area contributed by atoms with Crippen molar-refractivity contribution in [1.82, 2.24) is 9.78 Å². The zero-order valence-electron chi connectivity index (χ0n) is 9.57. The first-order valence-corrected chi connectivity index (χ1v) is 5.16. The van der Waals surface area contributed by atoms with E-state index >= 15 is 0 Å². The minimum Gasteiger partial charge on any atom is -0.309 e. The summed E-state index contributed by atoms with van der Waals surface area (Å²) in [5.74, 6) is -0.0175. The van der Waals surface area contributed by atoms with Gasteiger partial charge in [-0.05, 0) is 25.1 Å². The summed E-state index contributed by atoms with van der Waals surface area (Å²) >= 11 is 0. The number of amides is 1. The van der Waals surface area contributed by atoms with Crippen LogP contribution in [0.25, 0.3) is 5.69 Å². The van der Waals surface area contributed by atoms with Gasteiger partial charge in [-0.15, -0.1) is 5.10 Å². The van der Waals surface area contributed by atoms with Gasteiger partial charge >= 0.3 is 0 Å². The lowest BCUT2D eigenvalue weighted by atomic mass is 10.3. The lowest BCUT2D eigenvalue weighted by molar-refractivity contribution is -0.114. The number of rotatable bonds is 2. The number of hydrogen-bond donors (Lipinski definition) is 1. The number of halogens is 1. The minimum atomic E-state index is -0.322. The van der Waals surface area contributed by atoms with Crippen LogP contribution in [0.3, 0.4) is 0 Å². The standard InChI is InChI=1S/C12H12FN3O/c1-8-7-16(15-12(8)14-9(2)17)11-5-3-4-10(13)6-11/h3-7H,1-2H3,(H,14,15,17). The lowest BCUT2D eigenvalue weighted by Crippen LogP contribution is -2.07. The molecular formula is C12H12FN3O. The topological polar surface area (TPSA) is 46.9 Å². The molecule has 2 rings (SSSR count). The molecule has 0 aliphatic carbocycles. The third kappa shape index (κ3) is 2.50. The van der Waals surface area contributed by atoms with Gasteiger partial charge in [-0.25, -0.2) is 9.07 Å². The third-order valence-electron chi connectivity index (χ3n) is 2.26. The molecule has 1 N–H and O–H groups in total. The van der Waals surface area contributed by atoms with E-state index in [1.165, 1.54) is 23.7 Å². The molecule has 1 heterocycles. The summed E-state index contributed by atoms with van der Waals surface area (Å²) in [7, 11) is 0. The summed E-state index contributed by atoms with van der Waals surface area (Å²) < 4.78 is 14.6. The average Bonchev–Trinajstić information content (AvgIpc) is 2.59. The van der Waals surface area contributed by atoms with E-state index in [1.807, 2.05) is 6.92 Å². The molecule has 1 amide bonds. The maximum atomic E-state index is 13.1. The molecule has 88 valence electrons. The Morgan fingerprint density at radius 1 is 1.47 bits per heavy atom. The molecule has 0 atom stereocenters. The van der Waals surface area contributed by atoms with Crippen LogP contribution in [0, 0.1) is 12.7 Å². The molecular weight excluding hydrogens is 221 g/mol. The van der Waals surface area contributed by atoms with Gasteiger partial charge in [-0.1, -0.05) is 6.07 Å². The minimum absolute atomic E-state index is 0.183. The number of carbonyl (C=O) groups excluding carboxylic acids is 1. The van der Waals surface area contributed by atoms with Crippen LogP contribution in [0.5, 0.6) is 0 Å². The highest BCUT2D eigenvalue weighted by Crippen LogP contribution is 2.16. The van der Waals surface area contributed by atoms with Crippen molar-refractivity contribution in [2.24, 2.45) is 0 Å². The average molecular weight is 233 g/mol. The smallest absolute Gasteiger partial charge is 0.222 e. The Morgan fingerprint density at radius 2 is 2.24 bits per heavy atom. The van der Waals surface area contributed by atoms with Crippen molar-refractivity contribution in [2.75, 3.05) is 5.32 Å². The Bertz CT molecular complexity index is 563. The zero-order chi connectivity index (χ0) is 12.4. The summed E-state index contributed by atoms with van der Waals surface area (Å²) in [4.78, 5) is 10.9. The van der Waals surface area contributed by atoms with E-state index in [0.29, 0.717) is 11.5 Å². The van der Waals surface area contributed by atoms with Gasteiger partial charge in [0, 0.05) is 18.7 Å². The maximum Gasteiger partial charge on any atom is 0.222 e. The predicted molar refractivity (Wildman–Crippen MR) is 62.6 cm³/mol. The van der Waals surface area contributed by atoms with E-state index < -0.39 is 0 Å². The van der Waals surface area contributed by atoms with Crippen molar-refractivity contribution in [3.05, 3.63) is 41.8 Å². The van der Waals surface area contributed by atoms with E-state index in [2.05, 4.69) is 10.4 Å². The molecule has 1 aromatic heterocycles. The first kappa shape index (κ1) is 11.3. The molecule has 0 fully saturated rings. The van der Waals surface area contributed by atoms with Crippen LogP contribution >= 0.6 is 0 Å². The van der Waals surface area contributed by atoms with Crippen molar-refractivity contribution in [2.45, 2.75) is 13.8 Å². The molecule has 2 aromatic rings. The van der Waals surface area contributed by atoms with Crippen LogP contribution in [0.15, 0.2) is 30.5 Å². The van der Waals surface area contributed by atoms with Gasteiger partial charge in [-0.3, -0.25) is 4.79 Å². The molecule has 0 bridgehead atoms. The second kappa shape index (κ2) is 4.37. The van der Waals surface area contributed by atoms with Gasteiger partial charge in [0.15, 0.2) is 5.82 Å². The van der Waals surface area contributed by atoms with E-state index in [4.69, 9.17) is 0 Å². The number of nitrogens with zero attached hydrogens (tertiary/aromatic N) is 2. The Labute approximate surface area is 98.1 Å². The number of hydrogen-bond acceptors (Lipinski definition) is 2. The fraction of sp³-hybridized carbons (Fsp3) is 0.167. The van der Waals surface area contributed by atoms with Gasteiger partial charge in [-0.2, -0.15) is 0 Å². The number of aryl methyl sites for hydroxylation is 1.